The molecule has 2 saturated heterocycles. The van der Waals surface area contributed by atoms with Crippen LogP contribution in [0.25, 0.3) is 0 Å². The Hall–Kier alpha value is -0.680. The molecule has 5 nitrogen and oxygen atoms in total. The molecular formula is C7H12N2O3. The lowest BCUT2D eigenvalue weighted by Crippen LogP contribution is -2.53. The Morgan fingerprint density at radius 1 is 1.75 bits per heavy atom. The molecule has 0 amide bonds. The van der Waals surface area contributed by atoms with Gasteiger partial charge in [0, 0.05) is 11.3 Å². The molecule has 0 saturated carbocycles. The van der Waals surface area contributed by atoms with Crippen LogP contribution in [0.3, 0.4) is 0 Å². The summed E-state index contributed by atoms with van der Waals surface area (Å²) in [6.07, 6.45) is 1.39. The molecule has 5 heteroatoms. The third kappa shape index (κ3) is 1.19. The molecule has 2 rings (SSSR count). The molecule has 2 aliphatic heterocycles. The number of hydrogen-bond acceptors (Lipinski definition) is 4. The number of piperidine rings is 1. The number of nitrogens with one attached hydrogen (secondary N) is 1. The molecule has 1 N–H and O–H groups in total. The van der Waals surface area contributed by atoms with Crippen LogP contribution in [0.15, 0.2) is 0 Å². The fourth-order valence-corrected chi connectivity index (χ4v) is 1.82. The average Bonchev–Trinajstić information content (AvgIpc) is 2.68. The summed E-state index contributed by atoms with van der Waals surface area (Å²) in [5.41, 5.74) is -0.189. The highest BCUT2D eigenvalue weighted by Gasteiger charge is 2.52. The maximum Gasteiger partial charge on any atom is 0.228 e. The van der Waals surface area contributed by atoms with Crippen LogP contribution in [-0.2, 0) is 4.74 Å². The first-order chi connectivity index (χ1) is 5.63. The van der Waals surface area contributed by atoms with E-state index in [1.54, 1.807) is 0 Å². The van der Waals surface area contributed by atoms with Gasteiger partial charge in [-0.25, -0.2) is 0 Å². The van der Waals surface area contributed by atoms with Crippen LogP contribution in [0.5, 0.6) is 0 Å². The summed E-state index contributed by atoms with van der Waals surface area (Å²) < 4.78 is 5.20. The normalized spacial score (nSPS) is 46.1. The lowest BCUT2D eigenvalue weighted by molar-refractivity contribution is -0.530. The number of rotatable bonds is 1. The maximum atomic E-state index is 10.5. The molecule has 0 aromatic rings. The van der Waals surface area contributed by atoms with Gasteiger partial charge >= 0.3 is 0 Å². The van der Waals surface area contributed by atoms with E-state index in [9.17, 15) is 10.1 Å². The average molecular weight is 172 g/mol. The van der Waals surface area contributed by atoms with Gasteiger partial charge in [-0.05, 0) is 13.3 Å². The van der Waals surface area contributed by atoms with Crippen molar-refractivity contribution in [1.29, 1.82) is 0 Å². The van der Waals surface area contributed by atoms with Crippen LogP contribution in [0, 0.1) is 10.1 Å². The van der Waals surface area contributed by atoms with Crippen molar-refractivity contribution in [2.45, 2.75) is 37.6 Å². The molecule has 2 fully saturated rings. The summed E-state index contributed by atoms with van der Waals surface area (Å²) in [6, 6.07) is -0.518. The Labute approximate surface area is 70.2 Å². The number of nitrogens with zero attached hydrogens (tertiary/aromatic N) is 1. The summed E-state index contributed by atoms with van der Waals surface area (Å²) in [5.74, 6) is 0. The van der Waals surface area contributed by atoms with E-state index in [4.69, 9.17) is 4.74 Å². The van der Waals surface area contributed by atoms with Crippen molar-refractivity contribution in [1.82, 2.24) is 5.32 Å². The van der Waals surface area contributed by atoms with E-state index in [-0.39, 0.29) is 16.7 Å². The second-order valence-electron chi connectivity index (χ2n) is 3.61. The minimum Gasteiger partial charge on any atom is -0.354 e. The molecule has 0 bridgehead atoms. The molecule has 12 heavy (non-hydrogen) atoms. The predicted octanol–water partition coefficient (Wildman–Crippen LogP) is 0.130. The van der Waals surface area contributed by atoms with Crippen molar-refractivity contribution in [3.8, 4) is 0 Å². The second kappa shape index (κ2) is 2.40. The van der Waals surface area contributed by atoms with Crippen LogP contribution < -0.4 is 5.32 Å². The number of nitro groups is 1. The number of hydrogen-bond donors (Lipinski definition) is 1. The smallest absolute Gasteiger partial charge is 0.228 e. The topological polar surface area (TPSA) is 67.7 Å². The van der Waals surface area contributed by atoms with Gasteiger partial charge in [-0.3, -0.25) is 15.4 Å². The van der Waals surface area contributed by atoms with Crippen LogP contribution in [-0.4, -0.2) is 29.3 Å². The van der Waals surface area contributed by atoms with Gasteiger partial charge in [0.1, 0.15) is 5.72 Å². The minimum absolute atomic E-state index is 0.0729. The van der Waals surface area contributed by atoms with Gasteiger partial charge in [-0.15, -0.1) is 0 Å². The number of epoxide rings is 1. The van der Waals surface area contributed by atoms with Gasteiger partial charge in [-0.2, -0.15) is 0 Å². The van der Waals surface area contributed by atoms with Gasteiger partial charge in [0.2, 0.25) is 6.04 Å². The highest BCUT2D eigenvalue weighted by Crippen LogP contribution is 2.34. The molecule has 3 atom stereocenters. The van der Waals surface area contributed by atoms with Crippen LogP contribution in [0.1, 0.15) is 19.8 Å². The van der Waals surface area contributed by atoms with Crippen molar-refractivity contribution in [2.75, 3.05) is 6.61 Å². The lowest BCUT2D eigenvalue weighted by atomic mass is 9.95. The minimum atomic E-state index is -0.445. The molecule has 0 aromatic heterocycles. The highest BCUT2D eigenvalue weighted by molar-refractivity contribution is 4.97. The van der Waals surface area contributed by atoms with Crippen LogP contribution in [0.4, 0.5) is 0 Å². The van der Waals surface area contributed by atoms with Crippen molar-refractivity contribution in [3.05, 3.63) is 10.1 Å². The van der Waals surface area contributed by atoms with E-state index < -0.39 is 6.04 Å². The third-order valence-electron chi connectivity index (χ3n) is 2.68. The first-order valence-corrected chi connectivity index (χ1v) is 4.18. The molecule has 2 heterocycles. The van der Waals surface area contributed by atoms with E-state index >= 15 is 0 Å². The van der Waals surface area contributed by atoms with E-state index in [0.717, 1.165) is 6.42 Å². The molecule has 1 spiro atoms. The molecule has 3 unspecified atom stereocenters. The standard InChI is InChI=1S/C7H12N2O3/c1-5-6(9(10)11)2-3-7(8-5)4-12-7/h5-6,8H,2-4H2,1H3. The van der Waals surface area contributed by atoms with Crippen molar-refractivity contribution < 1.29 is 9.66 Å². The summed E-state index contributed by atoms with van der Waals surface area (Å²) >= 11 is 0. The van der Waals surface area contributed by atoms with Crippen molar-refractivity contribution in [3.63, 3.8) is 0 Å². The molecule has 0 radical (unpaired) electrons. The Balaban J connectivity index is 2.00. The zero-order valence-corrected chi connectivity index (χ0v) is 6.95. The first-order valence-electron chi connectivity index (χ1n) is 4.18. The zero-order valence-electron chi connectivity index (χ0n) is 6.95. The first kappa shape index (κ1) is 7.94. The summed E-state index contributed by atoms with van der Waals surface area (Å²) in [5, 5.41) is 13.7. The Morgan fingerprint density at radius 3 is 2.83 bits per heavy atom. The Morgan fingerprint density at radius 2 is 2.42 bits per heavy atom. The quantitative estimate of drug-likeness (QED) is 0.347. The van der Waals surface area contributed by atoms with Gasteiger partial charge in [0.25, 0.3) is 0 Å². The Bertz CT molecular complexity index is 215. The maximum absolute atomic E-state index is 10.5. The van der Waals surface area contributed by atoms with E-state index in [1.165, 1.54) is 0 Å². The summed E-state index contributed by atoms with van der Waals surface area (Å²) in [7, 11) is 0. The van der Waals surface area contributed by atoms with Gasteiger partial charge < -0.3 is 4.74 Å². The summed E-state index contributed by atoms with van der Waals surface area (Å²) in [4.78, 5) is 10.3. The highest BCUT2D eigenvalue weighted by atomic mass is 16.6. The van der Waals surface area contributed by atoms with Crippen LogP contribution in [0.2, 0.25) is 0 Å². The largest absolute Gasteiger partial charge is 0.354 e. The lowest BCUT2D eigenvalue weighted by Gasteiger charge is -2.28. The molecular weight excluding hydrogens is 160 g/mol. The number of ether oxygens (including phenoxy) is 1. The monoisotopic (exact) mass is 172 g/mol. The van der Waals surface area contributed by atoms with Gasteiger partial charge in [0.05, 0.1) is 12.6 Å². The van der Waals surface area contributed by atoms with E-state index in [1.807, 2.05) is 6.92 Å². The molecule has 0 aromatic carbocycles. The molecule has 0 aliphatic carbocycles. The fraction of sp³-hybridized carbons (Fsp3) is 1.00. The molecule has 2 aliphatic rings. The van der Waals surface area contributed by atoms with Crippen LogP contribution >= 0.6 is 0 Å². The van der Waals surface area contributed by atoms with Gasteiger partial charge in [0.15, 0.2) is 0 Å². The zero-order chi connectivity index (χ0) is 8.77. The van der Waals surface area contributed by atoms with E-state index in [0.29, 0.717) is 13.0 Å². The SMILES string of the molecule is CC1NC2(CCC1[N+](=O)[O-])CO2. The predicted molar refractivity (Wildman–Crippen MR) is 41.3 cm³/mol. The fourth-order valence-electron chi connectivity index (χ4n) is 1.82. The van der Waals surface area contributed by atoms with Crippen molar-refractivity contribution in [2.24, 2.45) is 0 Å². The van der Waals surface area contributed by atoms with E-state index in [2.05, 4.69) is 5.32 Å². The molecule has 68 valence electrons. The second-order valence-corrected chi connectivity index (χ2v) is 3.61. The Kier molecular flexibility index (Phi) is 1.59. The summed E-state index contributed by atoms with van der Waals surface area (Å²) in [6.45, 7) is 2.55. The van der Waals surface area contributed by atoms with Gasteiger partial charge in [-0.1, -0.05) is 0 Å². The van der Waals surface area contributed by atoms with Crippen molar-refractivity contribution >= 4 is 0 Å². The third-order valence-corrected chi connectivity index (χ3v) is 2.68.